The van der Waals surface area contributed by atoms with Gasteiger partial charge in [-0.2, -0.15) is 9.78 Å². The van der Waals surface area contributed by atoms with Gasteiger partial charge in [-0.05, 0) is 30.5 Å². The standard InChI is InChI=1S/C28H34FN3O7/c1-27(2,3)28(4,36)16-39-23-14-20(31-32(23)21-12-8-7-11-18(21)29)26(35)30-19(15-24(33)34)17-10-9-13-22(37-5)25(17)38-6/h7-14,19,36H,15-16H2,1-6H3,(H,30,35)(H,33,34). The van der Waals surface area contributed by atoms with Crippen molar-refractivity contribution in [1.29, 1.82) is 0 Å². The molecule has 0 aliphatic carbocycles. The fourth-order valence-corrected chi connectivity index (χ4v) is 3.64. The van der Waals surface area contributed by atoms with E-state index in [-0.39, 0.29) is 29.6 Å². The lowest BCUT2D eigenvalue weighted by Gasteiger charge is -2.36. The van der Waals surface area contributed by atoms with Crippen LogP contribution in [0.5, 0.6) is 17.4 Å². The summed E-state index contributed by atoms with van der Waals surface area (Å²) in [5.74, 6) is -1.83. The number of halogens is 1. The molecule has 0 aliphatic heterocycles. The number of carboxylic acid groups (broad SMARTS) is 1. The number of methoxy groups -OCH3 is 2. The van der Waals surface area contributed by atoms with Gasteiger partial charge in [-0.25, -0.2) is 4.39 Å². The highest BCUT2D eigenvalue weighted by molar-refractivity contribution is 5.93. The molecule has 0 fully saturated rings. The maximum atomic E-state index is 14.7. The number of aliphatic carboxylic acids is 1. The number of hydrogen-bond donors (Lipinski definition) is 3. The molecular weight excluding hydrogens is 509 g/mol. The third-order valence-electron chi connectivity index (χ3n) is 6.60. The molecule has 11 heteroatoms. The van der Waals surface area contributed by atoms with Crippen LogP contribution >= 0.6 is 0 Å². The zero-order valence-electron chi connectivity index (χ0n) is 22.8. The van der Waals surface area contributed by atoms with Gasteiger partial charge in [0.05, 0.1) is 26.7 Å². The van der Waals surface area contributed by atoms with Gasteiger partial charge in [0.15, 0.2) is 17.2 Å². The maximum absolute atomic E-state index is 14.7. The number of ether oxygens (including phenoxy) is 3. The van der Waals surface area contributed by atoms with E-state index in [0.29, 0.717) is 11.3 Å². The van der Waals surface area contributed by atoms with Crippen molar-refractivity contribution in [2.75, 3.05) is 20.8 Å². The molecule has 3 aromatic rings. The van der Waals surface area contributed by atoms with Crippen LogP contribution in [0.25, 0.3) is 5.69 Å². The second-order valence-electron chi connectivity index (χ2n) is 10.3. The summed E-state index contributed by atoms with van der Waals surface area (Å²) in [5, 5.41) is 27.4. The first kappa shape index (κ1) is 29.4. The smallest absolute Gasteiger partial charge is 0.305 e. The van der Waals surface area contributed by atoms with Crippen molar-refractivity contribution in [2.45, 2.75) is 45.8 Å². The van der Waals surface area contributed by atoms with Gasteiger partial charge < -0.3 is 29.7 Å². The van der Waals surface area contributed by atoms with Crippen molar-refractivity contribution in [3.63, 3.8) is 0 Å². The molecule has 210 valence electrons. The number of carbonyl (C=O) groups excluding carboxylic acids is 1. The fourth-order valence-electron chi connectivity index (χ4n) is 3.64. The van der Waals surface area contributed by atoms with E-state index < -0.39 is 41.2 Å². The molecule has 0 spiro atoms. The largest absolute Gasteiger partial charge is 0.493 e. The van der Waals surface area contributed by atoms with Gasteiger partial charge in [0.1, 0.15) is 23.7 Å². The highest BCUT2D eigenvalue weighted by Gasteiger charge is 2.37. The number of benzene rings is 2. The molecule has 10 nitrogen and oxygen atoms in total. The van der Waals surface area contributed by atoms with Crippen LogP contribution in [0, 0.1) is 11.2 Å². The van der Waals surface area contributed by atoms with Crippen molar-refractivity contribution >= 4 is 11.9 Å². The number of para-hydroxylation sites is 2. The molecule has 0 aliphatic rings. The number of hydrogen-bond acceptors (Lipinski definition) is 7. The number of nitrogens with zero attached hydrogens (tertiary/aromatic N) is 2. The molecule has 3 N–H and O–H groups in total. The van der Waals surface area contributed by atoms with Crippen LogP contribution in [0.2, 0.25) is 0 Å². The predicted molar refractivity (Wildman–Crippen MR) is 141 cm³/mol. The molecule has 1 amide bonds. The number of amides is 1. The summed E-state index contributed by atoms with van der Waals surface area (Å²) in [7, 11) is 2.85. The average molecular weight is 544 g/mol. The Kier molecular flexibility index (Phi) is 8.85. The van der Waals surface area contributed by atoms with Crippen molar-refractivity contribution in [2.24, 2.45) is 5.41 Å². The van der Waals surface area contributed by atoms with Gasteiger partial charge in [0.2, 0.25) is 5.88 Å². The van der Waals surface area contributed by atoms with E-state index in [0.717, 1.165) is 4.68 Å². The SMILES string of the molecule is COc1cccc(C(CC(=O)O)NC(=O)c2cc(OCC(C)(O)C(C)(C)C)n(-c3ccccc3F)n2)c1OC. The minimum absolute atomic E-state index is 0.0171. The van der Waals surface area contributed by atoms with E-state index in [4.69, 9.17) is 14.2 Å². The average Bonchev–Trinajstić information content (AvgIpc) is 3.30. The number of aliphatic hydroxyl groups is 1. The van der Waals surface area contributed by atoms with Gasteiger partial charge in [-0.3, -0.25) is 9.59 Å². The van der Waals surface area contributed by atoms with Gasteiger partial charge >= 0.3 is 5.97 Å². The summed E-state index contributed by atoms with van der Waals surface area (Å²) in [6, 6.07) is 11.0. The molecule has 0 saturated carbocycles. The highest BCUT2D eigenvalue weighted by Crippen LogP contribution is 2.36. The number of rotatable bonds is 11. The van der Waals surface area contributed by atoms with E-state index in [1.165, 1.54) is 38.5 Å². The molecule has 0 bridgehead atoms. The Bertz CT molecular complexity index is 1330. The second-order valence-corrected chi connectivity index (χ2v) is 10.3. The first-order chi connectivity index (χ1) is 18.3. The zero-order chi connectivity index (χ0) is 29.0. The minimum atomic E-state index is -1.27. The van der Waals surface area contributed by atoms with Crippen molar-refractivity contribution in [3.8, 4) is 23.1 Å². The van der Waals surface area contributed by atoms with Gasteiger partial charge in [-0.15, -0.1) is 0 Å². The molecule has 1 heterocycles. The number of carboxylic acids is 1. The summed E-state index contributed by atoms with van der Waals surface area (Å²) in [4.78, 5) is 25.0. The zero-order valence-corrected chi connectivity index (χ0v) is 22.8. The van der Waals surface area contributed by atoms with E-state index in [1.54, 1.807) is 31.2 Å². The molecule has 1 aromatic heterocycles. The Labute approximate surface area is 226 Å². The van der Waals surface area contributed by atoms with Crippen LogP contribution in [0.3, 0.4) is 0 Å². The first-order valence-corrected chi connectivity index (χ1v) is 12.2. The lowest BCUT2D eigenvalue weighted by atomic mass is 9.78. The monoisotopic (exact) mass is 543 g/mol. The number of nitrogens with one attached hydrogen (secondary N) is 1. The highest BCUT2D eigenvalue weighted by atomic mass is 19.1. The van der Waals surface area contributed by atoms with Crippen LogP contribution in [0.4, 0.5) is 4.39 Å². The molecular formula is C28H34FN3O7. The third-order valence-corrected chi connectivity index (χ3v) is 6.60. The maximum Gasteiger partial charge on any atom is 0.305 e. The predicted octanol–water partition coefficient (Wildman–Crippen LogP) is 4.15. The summed E-state index contributed by atoms with van der Waals surface area (Å²) >= 11 is 0. The van der Waals surface area contributed by atoms with Crippen molar-refractivity contribution in [3.05, 3.63) is 65.6 Å². The quantitative estimate of drug-likeness (QED) is 0.329. The van der Waals surface area contributed by atoms with Crippen LogP contribution in [-0.4, -0.2) is 58.3 Å². The topological polar surface area (TPSA) is 132 Å². The first-order valence-electron chi connectivity index (χ1n) is 12.2. The number of carbonyl (C=O) groups is 2. The molecule has 2 unspecified atom stereocenters. The lowest BCUT2D eigenvalue weighted by molar-refractivity contribution is -0.137. The van der Waals surface area contributed by atoms with Gasteiger partial charge in [0.25, 0.3) is 5.91 Å². The van der Waals surface area contributed by atoms with E-state index in [1.807, 2.05) is 20.8 Å². The van der Waals surface area contributed by atoms with Crippen LogP contribution in [0.1, 0.15) is 56.2 Å². The lowest BCUT2D eigenvalue weighted by Crippen LogP contribution is -2.45. The van der Waals surface area contributed by atoms with E-state index >= 15 is 0 Å². The van der Waals surface area contributed by atoms with Gasteiger partial charge in [-0.1, -0.05) is 45.0 Å². The third kappa shape index (κ3) is 6.66. The molecule has 2 aromatic carbocycles. The summed E-state index contributed by atoms with van der Waals surface area (Å²) < 4.78 is 32.4. The van der Waals surface area contributed by atoms with Crippen LogP contribution < -0.4 is 19.5 Å². The normalized spacial score (nSPS) is 13.7. The Hall–Kier alpha value is -4.12. The van der Waals surface area contributed by atoms with E-state index in [2.05, 4.69) is 10.4 Å². The van der Waals surface area contributed by atoms with Gasteiger partial charge in [0, 0.05) is 11.6 Å². The molecule has 0 radical (unpaired) electrons. The Morgan fingerprint density at radius 1 is 1.08 bits per heavy atom. The molecule has 0 saturated heterocycles. The Morgan fingerprint density at radius 2 is 1.77 bits per heavy atom. The van der Waals surface area contributed by atoms with Crippen LogP contribution in [0.15, 0.2) is 48.5 Å². The van der Waals surface area contributed by atoms with Crippen molar-refractivity contribution in [1.82, 2.24) is 15.1 Å². The molecule has 2 atom stereocenters. The Balaban J connectivity index is 2.01. The summed E-state index contributed by atoms with van der Waals surface area (Å²) in [6.07, 6.45) is -0.457. The van der Waals surface area contributed by atoms with E-state index in [9.17, 15) is 24.2 Å². The number of aromatic nitrogens is 2. The molecule has 3 rings (SSSR count). The van der Waals surface area contributed by atoms with Crippen molar-refractivity contribution < 1.29 is 38.4 Å². The Morgan fingerprint density at radius 3 is 2.36 bits per heavy atom. The minimum Gasteiger partial charge on any atom is -0.493 e. The second kappa shape index (κ2) is 11.7. The summed E-state index contributed by atoms with van der Waals surface area (Å²) in [5.41, 5.74) is -1.55. The summed E-state index contributed by atoms with van der Waals surface area (Å²) in [6.45, 7) is 6.99. The van der Waals surface area contributed by atoms with Crippen LogP contribution in [-0.2, 0) is 4.79 Å². The molecule has 39 heavy (non-hydrogen) atoms. The fraction of sp³-hybridized carbons (Fsp3) is 0.393.